The molecule has 0 aromatic rings. The largest absolute Gasteiger partial charge is 0.389 e. The Kier molecular flexibility index (Phi) is 1.36. The van der Waals surface area contributed by atoms with Gasteiger partial charge >= 0.3 is 0 Å². The summed E-state index contributed by atoms with van der Waals surface area (Å²) in [5.41, 5.74) is -0.295. The van der Waals surface area contributed by atoms with Crippen LogP contribution in [-0.4, -0.2) is 10.7 Å². The number of fused-ring (bicyclic) bond motifs is 3. The normalized spacial score (nSPS) is 56.2. The fourth-order valence-electron chi connectivity index (χ4n) is 3.57. The van der Waals surface area contributed by atoms with Gasteiger partial charge in [0.1, 0.15) is 0 Å². The lowest BCUT2D eigenvalue weighted by Gasteiger charge is -2.24. The summed E-state index contributed by atoms with van der Waals surface area (Å²) in [5.74, 6) is 2.54. The molecule has 3 aliphatic carbocycles. The van der Waals surface area contributed by atoms with Crippen molar-refractivity contribution in [2.24, 2.45) is 23.7 Å². The van der Waals surface area contributed by atoms with Crippen LogP contribution in [0.5, 0.6) is 0 Å². The molecule has 0 aromatic carbocycles. The van der Waals surface area contributed by atoms with Gasteiger partial charge in [0.25, 0.3) is 0 Å². The first-order valence-corrected chi connectivity index (χ1v) is 5.34. The Balaban J connectivity index is 1.87. The lowest BCUT2D eigenvalue weighted by atomic mass is 9.84. The van der Waals surface area contributed by atoms with Crippen molar-refractivity contribution in [3.05, 3.63) is 24.3 Å². The first kappa shape index (κ1) is 7.81. The molecule has 0 radical (unpaired) electrons. The third kappa shape index (κ3) is 0.812. The van der Waals surface area contributed by atoms with E-state index in [1.165, 1.54) is 6.42 Å². The van der Waals surface area contributed by atoms with Gasteiger partial charge in [-0.1, -0.05) is 31.2 Å². The molecule has 3 aliphatic rings. The van der Waals surface area contributed by atoms with Crippen LogP contribution in [0.15, 0.2) is 24.3 Å². The van der Waals surface area contributed by atoms with Gasteiger partial charge in [0.05, 0.1) is 5.60 Å². The van der Waals surface area contributed by atoms with E-state index in [1.54, 1.807) is 0 Å². The predicted molar refractivity (Wildman–Crippen MR) is 52.1 cm³/mol. The number of hydrogen-bond donors (Lipinski definition) is 1. The van der Waals surface area contributed by atoms with Gasteiger partial charge in [0.2, 0.25) is 0 Å². The lowest BCUT2D eigenvalue weighted by Crippen LogP contribution is -2.23. The van der Waals surface area contributed by atoms with Crippen LogP contribution in [0.25, 0.3) is 0 Å². The molecule has 70 valence electrons. The fourth-order valence-corrected chi connectivity index (χ4v) is 3.57. The molecule has 0 heterocycles. The van der Waals surface area contributed by atoms with Crippen LogP contribution in [0.4, 0.5) is 0 Å². The standard InChI is InChI=1S/C12H16O/c1-2-12(13)10-7-8-5-3-4-6-9(8)11(10)12/h3-6,8-11,13H,2,7H2,1H3. The van der Waals surface area contributed by atoms with Crippen molar-refractivity contribution >= 4 is 0 Å². The average molecular weight is 176 g/mol. The van der Waals surface area contributed by atoms with Gasteiger partial charge in [0.15, 0.2) is 0 Å². The van der Waals surface area contributed by atoms with E-state index in [2.05, 4.69) is 31.2 Å². The van der Waals surface area contributed by atoms with Crippen LogP contribution in [0.2, 0.25) is 0 Å². The minimum Gasteiger partial charge on any atom is -0.389 e. The van der Waals surface area contributed by atoms with Gasteiger partial charge in [-0.2, -0.15) is 0 Å². The topological polar surface area (TPSA) is 20.2 Å². The van der Waals surface area contributed by atoms with Crippen LogP contribution in [0.1, 0.15) is 19.8 Å². The van der Waals surface area contributed by atoms with Crippen LogP contribution in [0, 0.1) is 23.7 Å². The van der Waals surface area contributed by atoms with E-state index in [-0.39, 0.29) is 5.60 Å². The molecule has 3 rings (SSSR count). The minimum absolute atomic E-state index is 0.295. The van der Waals surface area contributed by atoms with Crippen molar-refractivity contribution in [2.75, 3.05) is 0 Å². The molecular weight excluding hydrogens is 160 g/mol. The Bertz CT molecular complexity index is 291. The molecule has 2 saturated carbocycles. The summed E-state index contributed by atoms with van der Waals surface area (Å²) in [5, 5.41) is 10.2. The van der Waals surface area contributed by atoms with E-state index < -0.39 is 0 Å². The van der Waals surface area contributed by atoms with E-state index in [9.17, 15) is 5.11 Å². The molecule has 1 nitrogen and oxygen atoms in total. The third-order valence-electron chi connectivity index (χ3n) is 4.35. The van der Waals surface area contributed by atoms with E-state index in [0.29, 0.717) is 17.8 Å². The SMILES string of the molecule is CCC1(O)C2CC3C=CC=CC3C21. The maximum atomic E-state index is 10.2. The highest BCUT2D eigenvalue weighted by Crippen LogP contribution is 2.67. The van der Waals surface area contributed by atoms with Crippen molar-refractivity contribution in [1.29, 1.82) is 0 Å². The number of rotatable bonds is 1. The first-order valence-electron chi connectivity index (χ1n) is 5.34. The molecule has 0 aromatic heterocycles. The molecule has 0 aliphatic heterocycles. The second-order valence-corrected chi connectivity index (χ2v) is 4.72. The molecule has 0 amide bonds. The number of aliphatic hydroxyl groups is 1. The predicted octanol–water partition coefficient (Wildman–Crippen LogP) is 2.14. The molecule has 5 atom stereocenters. The molecule has 1 heteroatoms. The maximum Gasteiger partial charge on any atom is 0.0714 e. The van der Waals surface area contributed by atoms with Crippen LogP contribution < -0.4 is 0 Å². The minimum atomic E-state index is -0.295. The Morgan fingerprint density at radius 1 is 1.38 bits per heavy atom. The molecular formula is C12H16O. The second-order valence-electron chi connectivity index (χ2n) is 4.72. The molecule has 0 spiro atoms. The van der Waals surface area contributed by atoms with Gasteiger partial charge in [0, 0.05) is 5.92 Å². The summed E-state index contributed by atoms with van der Waals surface area (Å²) in [6, 6.07) is 0. The van der Waals surface area contributed by atoms with Crippen molar-refractivity contribution < 1.29 is 5.11 Å². The number of allylic oxidation sites excluding steroid dienone is 4. The van der Waals surface area contributed by atoms with Crippen LogP contribution >= 0.6 is 0 Å². The summed E-state index contributed by atoms with van der Waals surface area (Å²) in [6.45, 7) is 2.11. The molecule has 0 bridgehead atoms. The van der Waals surface area contributed by atoms with Crippen LogP contribution in [-0.2, 0) is 0 Å². The second kappa shape index (κ2) is 2.27. The average Bonchev–Trinajstić information content (AvgIpc) is 2.60. The lowest BCUT2D eigenvalue weighted by molar-refractivity contribution is 0.0868. The summed E-state index contributed by atoms with van der Waals surface area (Å²) in [6.07, 6.45) is 11.0. The molecule has 5 unspecified atom stereocenters. The summed E-state index contributed by atoms with van der Waals surface area (Å²) >= 11 is 0. The Morgan fingerprint density at radius 3 is 2.92 bits per heavy atom. The summed E-state index contributed by atoms with van der Waals surface area (Å²) in [4.78, 5) is 0. The molecule has 1 N–H and O–H groups in total. The van der Waals surface area contributed by atoms with E-state index >= 15 is 0 Å². The summed E-state index contributed by atoms with van der Waals surface area (Å²) < 4.78 is 0. The first-order chi connectivity index (χ1) is 6.27. The Hall–Kier alpha value is -0.560. The van der Waals surface area contributed by atoms with E-state index in [0.717, 1.165) is 12.3 Å². The van der Waals surface area contributed by atoms with Crippen molar-refractivity contribution in [3.8, 4) is 0 Å². The van der Waals surface area contributed by atoms with Crippen molar-refractivity contribution in [1.82, 2.24) is 0 Å². The van der Waals surface area contributed by atoms with Crippen molar-refractivity contribution in [3.63, 3.8) is 0 Å². The van der Waals surface area contributed by atoms with Crippen LogP contribution in [0.3, 0.4) is 0 Å². The van der Waals surface area contributed by atoms with Gasteiger partial charge in [-0.05, 0) is 30.6 Å². The molecule has 2 fully saturated rings. The van der Waals surface area contributed by atoms with Gasteiger partial charge in [-0.3, -0.25) is 0 Å². The third-order valence-corrected chi connectivity index (χ3v) is 4.35. The molecule has 0 saturated heterocycles. The monoisotopic (exact) mass is 176 g/mol. The number of hydrogen-bond acceptors (Lipinski definition) is 1. The Labute approximate surface area is 79.2 Å². The zero-order chi connectivity index (χ0) is 9.05. The van der Waals surface area contributed by atoms with E-state index in [4.69, 9.17) is 0 Å². The van der Waals surface area contributed by atoms with Gasteiger partial charge in [-0.15, -0.1) is 0 Å². The highest BCUT2D eigenvalue weighted by atomic mass is 16.3. The van der Waals surface area contributed by atoms with Gasteiger partial charge < -0.3 is 5.11 Å². The zero-order valence-electron chi connectivity index (χ0n) is 7.98. The maximum absolute atomic E-state index is 10.2. The summed E-state index contributed by atoms with van der Waals surface area (Å²) in [7, 11) is 0. The highest BCUT2D eigenvalue weighted by molar-refractivity contribution is 5.29. The zero-order valence-corrected chi connectivity index (χ0v) is 7.98. The smallest absolute Gasteiger partial charge is 0.0714 e. The fraction of sp³-hybridized carbons (Fsp3) is 0.667. The molecule has 13 heavy (non-hydrogen) atoms. The van der Waals surface area contributed by atoms with Gasteiger partial charge in [-0.25, -0.2) is 0 Å². The van der Waals surface area contributed by atoms with E-state index in [1.807, 2.05) is 0 Å². The van der Waals surface area contributed by atoms with Crippen molar-refractivity contribution in [2.45, 2.75) is 25.4 Å². The highest BCUT2D eigenvalue weighted by Gasteiger charge is 2.69. The quantitative estimate of drug-likeness (QED) is 0.649. The Morgan fingerprint density at radius 2 is 2.15 bits per heavy atom.